The zero-order chi connectivity index (χ0) is 13.0. The molecule has 0 radical (unpaired) electrons. The van der Waals surface area contributed by atoms with E-state index in [1.54, 1.807) is 11.3 Å². The summed E-state index contributed by atoms with van der Waals surface area (Å²) in [6, 6.07) is 8.27. The second kappa shape index (κ2) is 6.32. The van der Waals surface area contributed by atoms with Crippen LogP contribution in [0.15, 0.2) is 29.6 Å². The number of benzene rings is 1. The van der Waals surface area contributed by atoms with Crippen molar-refractivity contribution < 1.29 is 0 Å². The normalized spacial score (nSPS) is 12.6. The second-order valence-corrected chi connectivity index (χ2v) is 5.63. The highest BCUT2D eigenvalue weighted by molar-refractivity contribution is 7.09. The summed E-state index contributed by atoms with van der Waals surface area (Å²) in [4.78, 5) is 4.67. The standard InChI is InChI=1S/C14H17ClN2S/c1-3-16-10(2)13-9-18-14(17-13)8-11-5-4-6-12(15)7-11/h4-7,9-10,16H,3,8H2,1-2H3. The topological polar surface area (TPSA) is 24.9 Å². The first kappa shape index (κ1) is 13.5. The molecule has 4 heteroatoms. The van der Waals surface area contributed by atoms with E-state index in [0.717, 1.165) is 28.7 Å². The van der Waals surface area contributed by atoms with Crippen molar-refractivity contribution >= 4 is 22.9 Å². The number of rotatable bonds is 5. The van der Waals surface area contributed by atoms with Crippen LogP contribution in [0.4, 0.5) is 0 Å². The van der Waals surface area contributed by atoms with E-state index in [0.29, 0.717) is 6.04 Å². The number of nitrogens with zero attached hydrogens (tertiary/aromatic N) is 1. The Kier molecular flexibility index (Phi) is 4.75. The molecule has 0 bridgehead atoms. The van der Waals surface area contributed by atoms with Gasteiger partial charge in [-0.25, -0.2) is 4.98 Å². The molecule has 0 saturated carbocycles. The van der Waals surface area contributed by atoms with Crippen molar-refractivity contribution in [3.05, 3.63) is 50.9 Å². The Hall–Kier alpha value is -0.900. The fourth-order valence-electron chi connectivity index (χ4n) is 1.84. The molecule has 2 rings (SSSR count). The average Bonchev–Trinajstić information content (AvgIpc) is 2.78. The molecule has 2 nitrogen and oxygen atoms in total. The Labute approximate surface area is 117 Å². The third-order valence-corrected chi connectivity index (χ3v) is 3.87. The molecule has 1 unspecified atom stereocenters. The largest absolute Gasteiger partial charge is 0.309 e. The molecule has 0 spiro atoms. The predicted octanol–water partition coefficient (Wildman–Crippen LogP) is 4.06. The molecule has 96 valence electrons. The molecule has 0 aliphatic heterocycles. The number of hydrogen-bond acceptors (Lipinski definition) is 3. The van der Waals surface area contributed by atoms with Crippen LogP contribution in [0.5, 0.6) is 0 Å². The van der Waals surface area contributed by atoms with Crippen LogP contribution < -0.4 is 5.32 Å². The summed E-state index contributed by atoms with van der Waals surface area (Å²) in [7, 11) is 0. The van der Waals surface area contributed by atoms with Gasteiger partial charge in [0.1, 0.15) is 0 Å². The van der Waals surface area contributed by atoms with Gasteiger partial charge in [-0.1, -0.05) is 30.7 Å². The van der Waals surface area contributed by atoms with Gasteiger partial charge in [-0.3, -0.25) is 0 Å². The number of aromatic nitrogens is 1. The first-order valence-electron chi connectivity index (χ1n) is 6.11. The number of halogens is 1. The van der Waals surface area contributed by atoms with Gasteiger partial charge in [0.25, 0.3) is 0 Å². The van der Waals surface area contributed by atoms with Crippen molar-refractivity contribution in [2.45, 2.75) is 26.3 Å². The van der Waals surface area contributed by atoms with Crippen LogP contribution in [-0.2, 0) is 6.42 Å². The molecule has 0 saturated heterocycles. The summed E-state index contributed by atoms with van der Waals surface area (Å²) in [6.07, 6.45) is 0.851. The molecule has 2 aromatic rings. The highest BCUT2D eigenvalue weighted by Gasteiger charge is 2.09. The van der Waals surface area contributed by atoms with Crippen molar-refractivity contribution in [1.29, 1.82) is 0 Å². The first-order chi connectivity index (χ1) is 8.69. The van der Waals surface area contributed by atoms with E-state index >= 15 is 0 Å². The third-order valence-electron chi connectivity index (χ3n) is 2.77. The highest BCUT2D eigenvalue weighted by Crippen LogP contribution is 2.20. The van der Waals surface area contributed by atoms with Crippen LogP contribution in [0.25, 0.3) is 0 Å². The molecule has 1 atom stereocenters. The average molecular weight is 281 g/mol. The van der Waals surface area contributed by atoms with Crippen molar-refractivity contribution in [2.75, 3.05) is 6.54 Å². The van der Waals surface area contributed by atoms with Crippen LogP contribution in [0.3, 0.4) is 0 Å². The van der Waals surface area contributed by atoms with E-state index < -0.39 is 0 Å². The van der Waals surface area contributed by atoms with Crippen molar-refractivity contribution in [3.63, 3.8) is 0 Å². The summed E-state index contributed by atoms with van der Waals surface area (Å²) in [5, 5.41) is 7.42. The molecule has 0 fully saturated rings. The molecule has 1 heterocycles. The lowest BCUT2D eigenvalue weighted by Gasteiger charge is -2.08. The summed E-state index contributed by atoms with van der Waals surface area (Å²) >= 11 is 7.69. The van der Waals surface area contributed by atoms with Gasteiger partial charge in [-0.15, -0.1) is 11.3 Å². The van der Waals surface area contributed by atoms with Gasteiger partial charge in [-0.2, -0.15) is 0 Å². The van der Waals surface area contributed by atoms with Gasteiger partial charge in [0.2, 0.25) is 0 Å². The van der Waals surface area contributed by atoms with Crippen molar-refractivity contribution in [1.82, 2.24) is 10.3 Å². The molecule has 18 heavy (non-hydrogen) atoms. The Morgan fingerprint density at radius 3 is 3.00 bits per heavy atom. The summed E-state index contributed by atoms with van der Waals surface area (Å²) in [5.41, 5.74) is 2.33. The Balaban J connectivity index is 2.06. The lowest BCUT2D eigenvalue weighted by molar-refractivity contribution is 0.585. The Morgan fingerprint density at radius 2 is 2.28 bits per heavy atom. The van der Waals surface area contributed by atoms with E-state index in [-0.39, 0.29) is 0 Å². The summed E-state index contributed by atoms with van der Waals surface area (Å²) in [5.74, 6) is 0. The smallest absolute Gasteiger partial charge is 0.0972 e. The van der Waals surface area contributed by atoms with Crippen LogP contribution in [0.2, 0.25) is 5.02 Å². The fraction of sp³-hybridized carbons (Fsp3) is 0.357. The van der Waals surface area contributed by atoms with Gasteiger partial charge in [0.15, 0.2) is 0 Å². The summed E-state index contributed by atoms with van der Waals surface area (Å²) in [6.45, 7) is 5.21. The molecular weight excluding hydrogens is 264 g/mol. The van der Waals surface area contributed by atoms with Gasteiger partial charge in [0, 0.05) is 22.9 Å². The molecule has 1 aromatic heterocycles. The monoisotopic (exact) mass is 280 g/mol. The number of thiazole rings is 1. The number of nitrogens with one attached hydrogen (secondary N) is 1. The van der Waals surface area contributed by atoms with Gasteiger partial charge < -0.3 is 5.32 Å². The third kappa shape index (κ3) is 3.55. The van der Waals surface area contributed by atoms with E-state index in [9.17, 15) is 0 Å². The van der Waals surface area contributed by atoms with Gasteiger partial charge in [0.05, 0.1) is 10.7 Å². The minimum atomic E-state index is 0.319. The summed E-state index contributed by atoms with van der Waals surface area (Å²) < 4.78 is 0. The van der Waals surface area contributed by atoms with E-state index in [1.165, 1.54) is 5.56 Å². The Bertz CT molecular complexity index is 510. The predicted molar refractivity (Wildman–Crippen MR) is 78.5 cm³/mol. The minimum Gasteiger partial charge on any atom is -0.309 e. The first-order valence-corrected chi connectivity index (χ1v) is 7.37. The van der Waals surface area contributed by atoms with Crippen molar-refractivity contribution in [2.24, 2.45) is 0 Å². The lowest BCUT2D eigenvalue weighted by atomic mass is 10.1. The highest BCUT2D eigenvalue weighted by atomic mass is 35.5. The minimum absolute atomic E-state index is 0.319. The van der Waals surface area contributed by atoms with Crippen LogP contribution in [0, 0.1) is 0 Å². The molecule has 0 amide bonds. The zero-order valence-electron chi connectivity index (χ0n) is 10.6. The van der Waals surface area contributed by atoms with Gasteiger partial charge in [-0.05, 0) is 31.2 Å². The van der Waals surface area contributed by atoms with E-state index in [2.05, 4.69) is 35.6 Å². The maximum Gasteiger partial charge on any atom is 0.0972 e. The SMILES string of the molecule is CCNC(C)c1csc(Cc2cccc(Cl)c2)n1. The quantitative estimate of drug-likeness (QED) is 0.893. The van der Waals surface area contributed by atoms with E-state index in [1.807, 2.05) is 18.2 Å². The molecule has 0 aliphatic rings. The maximum atomic E-state index is 5.98. The molecule has 1 aromatic carbocycles. The van der Waals surface area contributed by atoms with Gasteiger partial charge >= 0.3 is 0 Å². The fourth-order valence-corrected chi connectivity index (χ4v) is 2.97. The molecule has 0 aliphatic carbocycles. The lowest BCUT2D eigenvalue weighted by Crippen LogP contribution is -2.17. The second-order valence-electron chi connectivity index (χ2n) is 4.25. The Morgan fingerprint density at radius 1 is 1.44 bits per heavy atom. The van der Waals surface area contributed by atoms with Crippen LogP contribution in [0.1, 0.15) is 36.2 Å². The zero-order valence-corrected chi connectivity index (χ0v) is 12.2. The van der Waals surface area contributed by atoms with Crippen molar-refractivity contribution in [3.8, 4) is 0 Å². The van der Waals surface area contributed by atoms with Crippen LogP contribution in [-0.4, -0.2) is 11.5 Å². The number of hydrogen-bond donors (Lipinski definition) is 1. The molecule has 1 N–H and O–H groups in total. The van der Waals surface area contributed by atoms with Crippen LogP contribution >= 0.6 is 22.9 Å². The van der Waals surface area contributed by atoms with E-state index in [4.69, 9.17) is 11.6 Å². The molecular formula is C14H17ClN2S. The maximum absolute atomic E-state index is 5.98.